The predicted molar refractivity (Wildman–Crippen MR) is 84.7 cm³/mol. The minimum atomic E-state index is -1.98. The van der Waals surface area contributed by atoms with Gasteiger partial charge in [-0.15, -0.1) is 0 Å². The molecule has 0 bridgehead atoms. The summed E-state index contributed by atoms with van der Waals surface area (Å²) in [6.07, 6.45) is 1.64. The zero-order valence-corrected chi connectivity index (χ0v) is 14.5. The molecular formula is C15H25ClO2Si. The molecule has 0 saturated carbocycles. The van der Waals surface area contributed by atoms with Gasteiger partial charge in [-0.1, -0.05) is 53.1 Å². The average molecular weight is 301 g/mol. The average Bonchev–Trinajstić information content (AvgIpc) is 2.82. The standard InChI is InChI=1S/C15H25ClO2Si/c1-11(2)19(12(3)4,13(5)6)18-15(10-16)14-8-7-9-17-14/h7-13H,1-6H3/b15-10+. The van der Waals surface area contributed by atoms with Crippen LogP contribution in [0.3, 0.4) is 0 Å². The highest BCUT2D eigenvalue weighted by Gasteiger charge is 2.47. The quantitative estimate of drug-likeness (QED) is 0.474. The molecule has 0 amide bonds. The van der Waals surface area contributed by atoms with E-state index in [1.165, 1.54) is 5.54 Å². The molecule has 19 heavy (non-hydrogen) atoms. The minimum absolute atomic E-state index is 0.508. The molecule has 0 saturated heterocycles. The summed E-state index contributed by atoms with van der Waals surface area (Å²) in [6, 6.07) is 3.73. The summed E-state index contributed by atoms with van der Waals surface area (Å²) in [5, 5.41) is 0. The summed E-state index contributed by atoms with van der Waals surface area (Å²) in [7, 11) is -1.98. The van der Waals surface area contributed by atoms with Gasteiger partial charge in [0.2, 0.25) is 0 Å². The van der Waals surface area contributed by atoms with E-state index in [9.17, 15) is 0 Å². The number of hydrogen-bond acceptors (Lipinski definition) is 2. The van der Waals surface area contributed by atoms with Gasteiger partial charge in [0.05, 0.1) is 6.26 Å². The first-order valence-electron chi connectivity index (χ1n) is 6.89. The van der Waals surface area contributed by atoms with Crippen LogP contribution < -0.4 is 0 Å². The van der Waals surface area contributed by atoms with Gasteiger partial charge in [0.15, 0.2) is 11.5 Å². The van der Waals surface area contributed by atoms with Gasteiger partial charge in [-0.3, -0.25) is 0 Å². The topological polar surface area (TPSA) is 22.4 Å². The Bertz CT molecular complexity index is 386. The smallest absolute Gasteiger partial charge is 0.258 e. The van der Waals surface area contributed by atoms with Crippen LogP contribution in [0.4, 0.5) is 0 Å². The highest BCUT2D eigenvalue weighted by molar-refractivity contribution is 6.78. The second-order valence-corrected chi connectivity index (χ2v) is 11.5. The molecule has 0 spiro atoms. The number of halogens is 1. The Balaban J connectivity index is 3.14. The van der Waals surface area contributed by atoms with Crippen molar-refractivity contribution in [3.05, 3.63) is 29.7 Å². The molecule has 0 aliphatic carbocycles. The van der Waals surface area contributed by atoms with Gasteiger partial charge in [0.25, 0.3) is 8.32 Å². The molecule has 0 N–H and O–H groups in total. The number of hydrogen-bond donors (Lipinski definition) is 0. The van der Waals surface area contributed by atoms with Gasteiger partial charge in [0.1, 0.15) is 0 Å². The van der Waals surface area contributed by atoms with Crippen molar-refractivity contribution in [2.45, 2.75) is 58.2 Å². The first-order valence-corrected chi connectivity index (χ1v) is 9.47. The van der Waals surface area contributed by atoms with Crippen LogP contribution in [0, 0.1) is 0 Å². The molecule has 1 aromatic heterocycles. The Morgan fingerprint density at radius 3 is 2.00 bits per heavy atom. The molecule has 108 valence electrons. The van der Waals surface area contributed by atoms with Crippen LogP contribution in [0.15, 0.2) is 28.3 Å². The summed E-state index contributed by atoms with van der Waals surface area (Å²) < 4.78 is 11.9. The molecule has 0 aliphatic rings. The lowest BCUT2D eigenvalue weighted by Crippen LogP contribution is -2.47. The fraction of sp³-hybridized carbons (Fsp3) is 0.600. The lowest BCUT2D eigenvalue weighted by Gasteiger charge is -2.42. The van der Waals surface area contributed by atoms with Crippen molar-refractivity contribution in [1.82, 2.24) is 0 Å². The third kappa shape index (κ3) is 3.26. The molecule has 1 heterocycles. The first-order chi connectivity index (χ1) is 8.86. The first kappa shape index (κ1) is 16.4. The molecule has 0 aliphatic heterocycles. The zero-order chi connectivity index (χ0) is 14.6. The summed E-state index contributed by atoms with van der Waals surface area (Å²) in [5.74, 6) is 1.36. The third-order valence-corrected chi connectivity index (χ3v) is 10.0. The second kappa shape index (κ2) is 6.66. The van der Waals surface area contributed by atoms with E-state index < -0.39 is 8.32 Å². The van der Waals surface area contributed by atoms with Crippen LogP contribution in [0.1, 0.15) is 47.3 Å². The molecule has 4 heteroatoms. The maximum Gasteiger partial charge on any atom is 0.258 e. The largest absolute Gasteiger partial charge is 0.540 e. The molecule has 0 aromatic carbocycles. The molecule has 0 unspecified atom stereocenters. The van der Waals surface area contributed by atoms with E-state index in [2.05, 4.69) is 41.5 Å². The van der Waals surface area contributed by atoms with Crippen LogP contribution in [-0.4, -0.2) is 8.32 Å². The van der Waals surface area contributed by atoms with Crippen LogP contribution in [0.2, 0.25) is 16.6 Å². The van der Waals surface area contributed by atoms with Gasteiger partial charge in [-0.25, -0.2) is 0 Å². The van der Waals surface area contributed by atoms with Crippen LogP contribution in [0.25, 0.3) is 5.76 Å². The fourth-order valence-electron chi connectivity index (χ4n) is 3.09. The number of rotatable bonds is 6. The summed E-state index contributed by atoms with van der Waals surface area (Å²) in [6.45, 7) is 13.5. The fourth-order valence-corrected chi connectivity index (χ4v) is 8.56. The van der Waals surface area contributed by atoms with E-state index in [1.54, 1.807) is 6.26 Å². The molecular weight excluding hydrogens is 276 g/mol. The van der Waals surface area contributed by atoms with E-state index in [1.807, 2.05) is 12.1 Å². The van der Waals surface area contributed by atoms with E-state index in [-0.39, 0.29) is 0 Å². The van der Waals surface area contributed by atoms with Gasteiger partial charge >= 0.3 is 0 Å². The van der Waals surface area contributed by atoms with Crippen molar-refractivity contribution in [3.8, 4) is 0 Å². The van der Waals surface area contributed by atoms with E-state index in [0.717, 1.165) is 0 Å². The Labute approximate surface area is 122 Å². The molecule has 0 radical (unpaired) electrons. The predicted octanol–water partition coefficient (Wildman–Crippen LogP) is 6.01. The van der Waals surface area contributed by atoms with Crippen molar-refractivity contribution < 1.29 is 8.84 Å². The molecule has 1 rings (SSSR count). The number of furan rings is 1. The van der Waals surface area contributed by atoms with Crippen molar-refractivity contribution in [1.29, 1.82) is 0 Å². The van der Waals surface area contributed by atoms with E-state index >= 15 is 0 Å². The van der Waals surface area contributed by atoms with Gasteiger partial charge in [0, 0.05) is 5.54 Å². The van der Waals surface area contributed by atoms with Crippen molar-refractivity contribution in [3.63, 3.8) is 0 Å². The normalized spacial score (nSPS) is 13.7. The monoisotopic (exact) mass is 300 g/mol. The van der Waals surface area contributed by atoms with Gasteiger partial charge < -0.3 is 8.84 Å². The Morgan fingerprint density at radius 1 is 1.16 bits per heavy atom. The summed E-state index contributed by atoms with van der Waals surface area (Å²) in [4.78, 5) is 0. The molecule has 0 atom stereocenters. The van der Waals surface area contributed by atoms with E-state index in [0.29, 0.717) is 28.1 Å². The van der Waals surface area contributed by atoms with Gasteiger partial charge in [-0.05, 0) is 28.8 Å². The molecule has 1 aromatic rings. The maximum absolute atomic E-state index is 6.49. The van der Waals surface area contributed by atoms with Crippen LogP contribution in [0.5, 0.6) is 0 Å². The van der Waals surface area contributed by atoms with Crippen LogP contribution in [-0.2, 0) is 4.43 Å². The van der Waals surface area contributed by atoms with Crippen molar-refractivity contribution in [2.24, 2.45) is 0 Å². The summed E-state index contributed by atoms with van der Waals surface area (Å²) in [5.41, 5.74) is 3.02. The minimum Gasteiger partial charge on any atom is -0.540 e. The molecule has 2 nitrogen and oxygen atoms in total. The summed E-state index contributed by atoms with van der Waals surface area (Å²) >= 11 is 5.95. The lowest BCUT2D eigenvalue weighted by atomic mass is 10.4. The highest BCUT2D eigenvalue weighted by Crippen LogP contribution is 2.44. The van der Waals surface area contributed by atoms with Gasteiger partial charge in [-0.2, -0.15) is 0 Å². The molecule has 0 fully saturated rings. The Hall–Kier alpha value is -0.673. The zero-order valence-electron chi connectivity index (χ0n) is 12.7. The Morgan fingerprint density at radius 2 is 1.68 bits per heavy atom. The van der Waals surface area contributed by atoms with Crippen molar-refractivity contribution in [2.75, 3.05) is 0 Å². The van der Waals surface area contributed by atoms with Crippen LogP contribution >= 0.6 is 11.6 Å². The van der Waals surface area contributed by atoms with E-state index in [4.69, 9.17) is 20.4 Å². The van der Waals surface area contributed by atoms with Crippen molar-refractivity contribution >= 4 is 25.7 Å². The highest BCUT2D eigenvalue weighted by atomic mass is 35.5. The maximum atomic E-state index is 6.49. The second-order valence-electron chi connectivity index (χ2n) is 5.87. The lowest BCUT2D eigenvalue weighted by molar-refractivity contribution is 0.419. The Kier molecular flexibility index (Phi) is 5.75. The SMILES string of the molecule is CC(C)[Si](O/C(=C/Cl)c1ccco1)(C(C)C)C(C)C. The third-order valence-electron chi connectivity index (χ3n) is 3.86.